The first-order valence-corrected chi connectivity index (χ1v) is 14.9. The molecular weight excluding hydrogens is 536 g/mol. The third-order valence-electron chi connectivity index (χ3n) is 7.68. The van der Waals surface area contributed by atoms with Crippen molar-refractivity contribution in [1.29, 1.82) is 0 Å². The van der Waals surface area contributed by atoms with E-state index in [1.54, 1.807) is 6.07 Å². The van der Waals surface area contributed by atoms with Crippen LogP contribution in [0.15, 0.2) is 48.7 Å². The summed E-state index contributed by atoms with van der Waals surface area (Å²) in [6.45, 7) is 10.5. The van der Waals surface area contributed by atoms with E-state index in [9.17, 15) is 9.18 Å². The molecule has 0 bridgehead atoms. The Morgan fingerprint density at radius 2 is 1.76 bits per heavy atom. The molecule has 42 heavy (non-hydrogen) atoms. The topological polar surface area (TPSA) is 57.7 Å². The Labute approximate surface area is 249 Å². The second kappa shape index (κ2) is 15.1. The van der Waals surface area contributed by atoms with E-state index in [2.05, 4.69) is 25.8 Å². The average molecular weight is 582 g/mol. The van der Waals surface area contributed by atoms with Crippen molar-refractivity contribution in [2.75, 3.05) is 14.2 Å². The van der Waals surface area contributed by atoms with E-state index < -0.39 is 11.6 Å². The number of rotatable bonds is 13. The SMILES string of the molecule is CC.CCCC(C)(C)Cc1cc(COc2cccc(C(CC(=O)OC)C3CC3)c2)c(F)cc1-c1cc(OC)ncc1F. The summed E-state index contributed by atoms with van der Waals surface area (Å²) >= 11 is 0. The summed E-state index contributed by atoms with van der Waals surface area (Å²) < 4.78 is 46.6. The molecule has 1 saturated carbocycles. The maximum atomic E-state index is 15.5. The zero-order valence-electron chi connectivity index (χ0n) is 26.1. The number of hydrogen-bond donors (Lipinski definition) is 0. The molecule has 1 heterocycles. The molecule has 1 aliphatic carbocycles. The fourth-order valence-corrected chi connectivity index (χ4v) is 5.51. The van der Waals surface area contributed by atoms with Crippen LogP contribution in [0.25, 0.3) is 11.1 Å². The molecule has 0 spiro atoms. The van der Waals surface area contributed by atoms with E-state index in [0.717, 1.165) is 43.0 Å². The van der Waals surface area contributed by atoms with Gasteiger partial charge in [0, 0.05) is 17.2 Å². The number of ether oxygens (including phenoxy) is 3. The number of pyridine rings is 1. The van der Waals surface area contributed by atoms with Crippen molar-refractivity contribution in [3.05, 3.63) is 77.0 Å². The average Bonchev–Trinajstić information content (AvgIpc) is 3.82. The number of benzene rings is 2. The molecule has 3 aromatic rings. The Balaban J connectivity index is 0.00000237. The van der Waals surface area contributed by atoms with Gasteiger partial charge in [0.15, 0.2) is 0 Å². The van der Waals surface area contributed by atoms with Gasteiger partial charge in [-0.1, -0.05) is 53.2 Å². The van der Waals surface area contributed by atoms with Crippen molar-refractivity contribution >= 4 is 5.97 Å². The molecule has 1 unspecified atom stereocenters. The van der Waals surface area contributed by atoms with Crippen LogP contribution in [-0.4, -0.2) is 25.2 Å². The Kier molecular flexibility index (Phi) is 11.9. The summed E-state index contributed by atoms with van der Waals surface area (Å²) in [5, 5.41) is 0. The molecule has 1 atom stereocenters. The van der Waals surface area contributed by atoms with Gasteiger partial charge in [-0.2, -0.15) is 0 Å². The molecule has 1 aliphatic rings. The van der Waals surface area contributed by atoms with Crippen LogP contribution in [0.3, 0.4) is 0 Å². The quantitative estimate of drug-likeness (QED) is 0.189. The number of hydrogen-bond acceptors (Lipinski definition) is 5. The Bertz CT molecular complexity index is 1340. The number of nitrogens with zero attached hydrogens (tertiary/aromatic N) is 1. The van der Waals surface area contributed by atoms with Crippen LogP contribution in [0.5, 0.6) is 11.6 Å². The van der Waals surface area contributed by atoms with Gasteiger partial charge in [-0.3, -0.25) is 4.79 Å². The summed E-state index contributed by atoms with van der Waals surface area (Å²) in [4.78, 5) is 15.9. The van der Waals surface area contributed by atoms with E-state index in [0.29, 0.717) is 35.6 Å². The molecule has 0 saturated heterocycles. The summed E-state index contributed by atoms with van der Waals surface area (Å²) in [5.74, 6) is 0.168. The summed E-state index contributed by atoms with van der Waals surface area (Å²) in [5.41, 5.74) is 2.92. The molecule has 5 nitrogen and oxygen atoms in total. The standard InChI is InChI=1S/C33H39F2NO4.C2H6/c1-6-12-33(2,3)18-23-13-24(29(34)15-27(23)28-16-31(38-4)36-19-30(28)35)20-40-25-9-7-8-22(14-25)26(21-10-11-21)17-32(37)39-5;1-2/h7-9,13-16,19,21,26H,6,10-12,17-18,20H2,1-5H3;1-2H3. The van der Waals surface area contributed by atoms with Gasteiger partial charge in [0.25, 0.3) is 0 Å². The second-order valence-corrected chi connectivity index (χ2v) is 11.5. The van der Waals surface area contributed by atoms with E-state index in [4.69, 9.17) is 14.2 Å². The van der Waals surface area contributed by atoms with Crippen LogP contribution in [0.1, 0.15) is 89.3 Å². The van der Waals surface area contributed by atoms with Crippen molar-refractivity contribution in [3.63, 3.8) is 0 Å². The molecule has 1 fully saturated rings. The number of methoxy groups -OCH3 is 2. The van der Waals surface area contributed by atoms with E-state index in [1.165, 1.54) is 26.4 Å². The minimum Gasteiger partial charge on any atom is -0.489 e. The van der Waals surface area contributed by atoms with Gasteiger partial charge in [-0.05, 0) is 83.9 Å². The highest BCUT2D eigenvalue weighted by Gasteiger charge is 2.34. The molecule has 228 valence electrons. The Morgan fingerprint density at radius 3 is 2.40 bits per heavy atom. The predicted molar refractivity (Wildman–Crippen MR) is 163 cm³/mol. The molecule has 0 N–H and O–H groups in total. The van der Waals surface area contributed by atoms with Crippen LogP contribution < -0.4 is 9.47 Å². The molecule has 0 radical (unpaired) electrons. The van der Waals surface area contributed by atoms with Crippen molar-refractivity contribution < 1.29 is 27.8 Å². The van der Waals surface area contributed by atoms with E-state index >= 15 is 4.39 Å². The minimum absolute atomic E-state index is 0.0179. The van der Waals surface area contributed by atoms with Crippen LogP contribution in [0, 0.1) is 23.0 Å². The Morgan fingerprint density at radius 1 is 1.02 bits per heavy atom. The Hall–Kier alpha value is -3.48. The first kappa shape index (κ1) is 33.0. The first-order chi connectivity index (χ1) is 20.1. The highest BCUT2D eigenvalue weighted by Crippen LogP contribution is 2.45. The fourth-order valence-electron chi connectivity index (χ4n) is 5.51. The maximum absolute atomic E-state index is 15.5. The molecular formula is C35H45F2NO4. The van der Waals surface area contributed by atoms with Gasteiger partial charge in [-0.25, -0.2) is 13.8 Å². The lowest BCUT2D eigenvalue weighted by Gasteiger charge is -2.26. The molecule has 4 rings (SSSR count). The molecule has 7 heteroatoms. The zero-order valence-corrected chi connectivity index (χ0v) is 26.1. The molecule has 1 aromatic heterocycles. The highest BCUT2D eigenvalue weighted by molar-refractivity contribution is 5.71. The van der Waals surface area contributed by atoms with Gasteiger partial charge in [0.2, 0.25) is 5.88 Å². The molecule has 0 amide bonds. The first-order valence-electron chi connectivity index (χ1n) is 14.9. The normalized spacial score (nSPS) is 13.5. The van der Waals surface area contributed by atoms with Crippen molar-refractivity contribution in [2.45, 2.75) is 85.7 Å². The van der Waals surface area contributed by atoms with Crippen LogP contribution >= 0.6 is 0 Å². The van der Waals surface area contributed by atoms with Gasteiger partial charge in [0.1, 0.15) is 24.0 Å². The number of halogens is 2. The number of carbonyl (C=O) groups is 1. The summed E-state index contributed by atoms with van der Waals surface area (Å²) in [6, 6.07) is 12.4. The summed E-state index contributed by atoms with van der Waals surface area (Å²) in [7, 11) is 2.87. The fraction of sp³-hybridized carbons (Fsp3) is 0.486. The smallest absolute Gasteiger partial charge is 0.306 e. The van der Waals surface area contributed by atoms with Crippen molar-refractivity contribution in [2.24, 2.45) is 11.3 Å². The van der Waals surface area contributed by atoms with Crippen LogP contribution in [0.4, 0.5) is 8.78 Å². The van der Waals surface area contributed by atoms with Crippen LogP contribution in [0.2, 0.25) is 0 Å². The number of carbonyl (C=O) groups excluding carboxylic acids is 1. The van der Waals surface area contributed by atoms with E-state index in [1.807, 2.05) is 38.1 Å². The van der Waals surface area contributed by atoms with Crippen molar-refractivity contribution in [1.82, 2.24) is 4.98 Å². The lowest BCUT2D eigenvalue weighted by molar-refractivity contribution is -0.141. The lowest BCUT2D eigenvalue weighted by atomic mass is 9.79. The molecule has 0 aliphatic heterocycles. The van der Waals surface area contributed by atoms with Crippen LogP contribution in [-0.2, 0) is 22.6 Å². The largest absolute Gasteiger partial charge is 0.489 e. The summed E-state index contributed by atoms with van der Waals surface area (Å²) in [6.07, 6.45) is 6.22. The highest BCUT2D eigenvalue weighted by atomic mass is 19.1. The maximum Gasteiger partial charge on any atom is 0.306 e. The minimum atomic E-state index is -0.535. The zero-order chi connectivity index (χ0) is 30.9. The molecule has 2 aromatic carbocycles. The third-order valence-corrected chi connectivity index (χ3v) is 7.68. The predicted octanol–water partition coefficient (Wildman–Crippen LogP) is 9.07. The second-order valence-electron chi connectivity index (χ2n) is 11.5. The monoisotopic (exact) mass is 581 g/mol. The number of esters is 1. The lowest BCUT2D eigenvalue weighted by Crippen LogP contribution is -2.16. The van der Waals surface area contributed by atoms with Gasteiger partial charge < -0.3 is 14.2 Å². The van der Waals surface area contributed by atoms with Gasteiger partial charge >= 0.3 is 5.97 Å². The third kappa shape index (κ3) is 8.76. The van der Waals surface area contributed by atoms with Gasteiger partial charge in [0.05, 0.1) is 26.8 Å². The van der Waals surface area contributed by atoms with Gasteiger partial charge in [-0.15, -0.1) is 0 Å². The van der Waals surface area contributed by atoms with Crippen molar-refractivity contribution in [3.8, 4) is 22.8 Å². The van der Waals surface area contributed by atoms with E-state index in [-0.39, 0.29) is 35.4 Å². The number of aromatic nitrogens is 1.